The van der Waals surface area contributed by atoms with E-state index in [0.29, 0.717) is 28.5 Å². The Hall–Kier alpha value is -3.31. The lowest BCUT2D eigenvalue weighted by Gasteiger charge is -2.08. The summed E-state index contributed by atoms with van der Waals surface area (Å²) in [7, 11) is -1.78. The van der Waals surface area contributed by atoms with Crippen LogP contribution in [0.1, 0.15) is 18.4 Å². The molecule has 0 radical (unpaired) electrons. The number of sulfone groups is 1. The summed E-state index contributed by atoms with van der Waals surface area (Å²) in [6.07, 6.45) is 3.46. The molecular formula is C20H18N2O5S. The molecule has 1 aromatic heterocycles. The topological polar surface area (TPSA) is 102 Å². The van der Waals surface area contributed by atoms with Crippen LogP contribution in [0.15, 0.2) is 45.7 Å². The van der Waals surface area contributed by atoms with Crippen molar-refractivity contribution < 1.29 is 22.3 Å². The van der Waals surface area contributed by atoms with Gasteiger partial charge in [0.15, 0.2) is 33.5 Å². The molecular weight excluding hydrogens is 380 g/mol. The number of nitrogens with zero attached hydrogens (tertiary/aromatic N) is 2. The minimum Gasteiger partial charge on any atom is -0.493 e. The molecule has 3 aromatic rings. The highest BCUT2D eigenvalue weighted by Crippen LogP contribution is 2.29. The molecule has 0 saturated carbocycles. The fourth-order valence-corrected chi connectivity index (χ4v) is 3.44. The monoisotopic (exact) mass is 398 g/mol. The van der Waals surface area contributed by atoms with Crippen LogP contribution >= 0.6 is 0 Å². The summed E-state index contributed by atoms with van der Waals surface area (Å²) < 4.78 is 40.2. The number of benzene rings is 2. The van der Waals surface area contributed by atoms with Crippen LogP contribution in [0.4, 0.5) is 0 Å². The van der Waals surface area contributed by atoms with E-state index in [-0.39, 0.29) is 17.3 Å². The molecule has 0 atom stereocenters. The number of rotatable bonds is 7. The van der Waals surface area contributed by atoms with Crippen molar-refractivity contribution >= 4 is 33.1 Å². The smallest absolute Gasteiger partial charge is 0.220 e. The van der Waals surface area contributed by atoms with Gasteiger partial charge in [0.2, 0.25) is 5.89 Å². The number of hydrogen-bond donors (Lipinski definition) is 0. The number of hydrogen-bond acceptors (Lipinski definition) is 7. The zero-order valence-electron chi connectivity index (χ0n) is 15.4. The molecule has 0 aliphatic carbocycles. The molecule has 7 nitrogen and oxygen atoms in total. The summed E-state index contributed by atoms with van der Waals surface area (Å²) in [6.45, 7) is 1.53. The normalized spacial score (nSPS) is 11.6. The number of ether oxygens (including phenoxy) is 2. The molecule has 8 heteroatoms. The first kappa shape index (κ1) is 19.5. The SMILES string of the molecule is CCS(=O)(=O)c1ccc2oc(/C=C/c3ccc(OCC#N)c(OC)c3)nc2c1. The van der Waals surface area contributed by atoms with Crippen LogP contribution in [0.5, 0.6) is 11.5 Å². The first-order valence-corrected chi connectivity index (χ1v) is 10.1. The van der Waals surface area contributed by atoms with E-state index in [1.54, 1.807) is 43.3 Å². The van der Waals surface area contributed by atoms with Gasteiger partial charge in [-0.1, -0.05) is 13.0 Å². The summed E-state index contributed by atoms with van der Waals surface area (Å²) >= 11 is 0. The second-order valence-electron chi connectivity index (χ2n) is 5.78. The Morgan fingerprint density at radius 1 is 1.18 bits per heavy atom. The third-order valence-electron chi connectivity index (χ3n) is 4.01. The quantitative estimate of drug-likeness (QED) is 0.598. The van der Waals surface area contributed by atoms with E-state index < -0.39 is 9.84 Å². The predicted octanol–water partition coefficient (Wildman–Crippen LogP) is 3.70. The van der Waals surface area contributed by atoms with E-state index in [1.807, 2.05) is 6.07 Å². The molecule has 0 aliphatic rings. The molecule has 0 fully saturated rings. The molecule has 28 heavy (non-hydrogen) atoms. The third kappa shape index (κ3) is 4.15. The van der Waals surface area contributed by atoms with Gasteiger partial charge in [-0.2, -0.15) is 5.26 Å². The molecule has 1 heterocycles. The van der Waals surface area contributed by atoms with Crippen LogP contribution in [0.3, 0.4) is 0 Å². The first-order valence-electron chi connectivity index (χ1n) is 8.46. The van der Waals surface area contributed by atoms with Crippen molar-refractivity contribution in [1.29, 1.82) is 5.26 Å². The highest BCUT2D eigenvalue weighted by Gasteiger charge is 2.14. The average molecular weight is 398 g/mol. The van der Waals surface area contributed by atoms with Gasteiger partial charge in [-0.25, -0.2) is 13.4 Å². The van der Waals surface area contributed by atoms with Gasteiger partial charge >= 0.3 is 0 Å². The van der Waals surface area contributed by atoms with Crippen LogP contribution < -0.4 is 9.47 Å². The maximum Gasteiger partial charge on any atom is 0.220 e. The van der Waals surface area contributed by atoms with Crippen molar-refractivity contribution in [3.63, 3.8) is 0 Å². The largest absolute Gasteiger partial charge is 0.493 e. The van der Waals surface area contributed by atoms with E-state index in [2.05, 4.69) is 4.98 Å². The van der Waals surface area contributed by atoms with Gasteiger partial charge in [0.05, 0.1) is 17.8 Å². The van der Waals surface area contributed by atoms with Crippen molar-refractivity contribution in [1.82, 2.24) is 4.98 Å². The highest BCUT2D eigenvalue weighted by atomic mass is 32.2. The molecule has 0 aliphatic heterocycles. The standard InChI is InChI=1S/C20H18N2O5S/c1-3-28(23,24)15-6-8-17-16(13-15)22-20(27-17)9-5-14-4-7-18(26-11-10-21)19(12-14)25-2/h4-9,12-13H,3,11H2,1-2H3/b9-5+. The first-order chi connectivity index (χ1) is 13.5. The number of methoxy groups -OCH3 is 1. The zero-order chi connectivity index (χ0) is 20.1. The fourth-order valence-electron chi connectivity index (χ4n) is 2.54. The van der Waals surface area contributed by atoms with E-state index in [9.17, 15) is 8.42 Å². The highest BCUT2D eigenvalue weighted by molar-refractivity contribution is 7.91. The van der Waals surface area contributed by atoms with Gasteiger partial charge in [0.1, 0.15) is 11.6 Å². The third-order valence-corrected chi connectivity index (χ3v) is 5.75. The lowest BCUT2D eigenvalue weighted by atomic mass is 10.2. The minimum atomic E-state index is -3.30. The van der Waals surface area contributed by atoms with Gasteiger partial charge in [0, 0.05) is 6.08 Å². The van der Waals surface area contributed by atoms with Gasteiger partial charge < -0.3 is 13.9 Å². The number of aromatic nitrogens is 1. The van der Waals surface area contributed by atoms with Crippen LogP contribution in [-0.2, 0) is 9.84 Å². The molecule has 0 saturated heterocycles. The maximum atomic E-state index is 12.0. The minimum absolute atomic E-state index is 0.0268. The Labute approximate surface area is 162 Å². The second-order valence-corrected chi connectivity index (χ2v) is 8.05. The van der Waals surface area contributed by atoms with Gasteiger partial charge in [-0.15, -0.1) is 0 Å². The molecule has 0 bridgehead atoms. The predicted molar refractivity (Wildman–Crippen MR) is 105 cm³/mol. The van der Waals surface area contributed by atoms with E-state index in [0.717, 1.165) is 5.56 Å². The zero-order valence-corrected chi connectivity index (χ0v) is 16.2. The molecule has 0 N–H and O–H groups in total. The van der Waals surface area contributed by atoms with Crippen LogP contribution in [0, 0.1) is 11.3 Å². The van der Waals surface area contributed by atoms with Gasteiger partial charge in [0.25, 0.3) is 0 Å². The molecule has 0 unspecified atom stereocenters. The Morgan fingerprint density at radius 2 is 2.00 bits per heavy atom. The van der Waals surface area contributed by atoms with Crippen molar-refractivity contribution in [2.75, 3.05) is 19.5 Å². The fraction of sp³-hybridized carbons (Fsp3) is 0.200. The summed E-state index contributed by atoms with van der Waals surface area (Å²) in [6, 6.07) is 11.8. The summed E-state index contributed by atoms with van der Waals surface area (Å²) in [5.74, 6) is 1.36. The number of nitriles is 1. The van der Waals surface area contributed by atoms with Gasteiger partial charge in [-0.3, -0.25) is 0 Å². The van der Waals surface area contributed by atoms with E-state index in [1.165, 1.54) is 19.2 Å². The second kappa shape index (κ2) is 8.15. The summed E-state index contributed by atoms with van der Waals surface area (Å²) in [4.78, 5) is 4.55. The summed E-state index contributed by atoms with van der Waals surface area (Å²) in [5, 5.41) is 8.61. The Bertz CT molecular complexity index is 1170. The molecule has 0 spiro atoms. The Morgan fingerprint density at radius 3 is 2.71 bits per heavy atom. The maximum absolute atomic E-state index is 12.0. The van der Waals surface area contributed by atoms with Crippen LogP contribution in [-0.4, -0.2) is 32.9 Å². The lowest BCUT2D eigenvalue weighted by molar-refractivity contribution is 0.329. The van der Waals surface area contributed by atoms with Crippen LogP contribution in [0.2, 0.25) is 0 Å². The van der Waals surface area contributed by atoms with Crippen molar-refractivity contribution in [2.45, 2.75) is 11.8 Å². The molecule has 3 rings (SSSR count). The molecule has 2 aromatic carbocycles. The van der Waals surface area contributed by atoms with E-state index >= 15 is 0 Å². The Kier molecular flexibility index (Phi) is 5.66. The number of oxazole rings is 1. The number of fused-ring (bicyclic) bond motifs is 1. The Balaban J connectivity index is 1.86. The van der Waals surface area contributed by atoms with Gasteiger partial charge in [-0.05, 0) is 42.0 Å². The van der Waals surface area contributed by atoms with E-state index in [4.69, 9.17) is 19.2 Å². The molecule has 0 amide bonds. The van der Waals surface area contributed by atoms with Crippen molar-refractivity contribution in [2.24, 2.45) is 0 Å². The summed E-state index contributed by atoms with van der Waals surface area (Å²) in [5.41, 5.74) is 1.80. The van der Waals surface area contributed by atoms with Crippen molar-refractivity contribution in [3.05, 3.63) is 47.9 Å². The molecule has 144 valence electrons. The lowest BCUT2D eigenvalue weighted by Crippen LogP contribution is -2.03. The van der Waals surface area contributed by atoms with Crippen molar-refractivity contribution in [3.8, 4) is 17.6 Å². The van der Waals surface area contributed by atoms with Crippen LogP contribution in [0.25, 0.3) is 23.3 Å². The average Bonchev–Trinajstić information content (AvgIpc) is 3.13.